The van der Waals surface area contributed by atoms with E-state index >= 15 is 0 Å². The van der Waals surface area contributed by atoms with Gasteiger partial charge in [-0.2, -0.15) is 0 Å². The Balaban J connectivity index is 1.97. The van der Waals surface area contributed by atoms with Crippen molar-refractivity contribution in [2.24, 2.45) is 5.10 Å². The van der Waals surface area contributed by atoms with E-state index < -0.39 is 0 Å². The van der Waals surface area contributed by atoms with Crippen LogP contribution in [0.2, 0.25) is 0 Å². The molecule has 1 aromatic heterocycles. The van der Waals surface area contributed by atoms with Gasteiger partial charge < -0.3 is 0 Å². The molecule has 1 aliphatic rings. The van der Waals surface area contributed by atoms with Crippen LogP contribution in [-0.4, -0.2) is 26.7 Å². The number of hydrazone groups is 1. The minimum Gasteiger partial charge on any atom is -0.299 e. The first-order valence-electron chi connectivity index (χ1n) is 7.39. The molecule has 0 spiro atoms. The maximum absolute atomic E-state index is 5.61. The monoisotopic (exact) mass is 316 g/mol. The number of benzene rings is 1. The summed E-state index contributed by atoms with van der Waals surface area (Å²) in [7, 11) is 0. The molecule has 0 aliphatic carbocycles. The molecular weight excluding hydrogens is 296 g/mol. The van der Waals surface area contributed by atoms with Gasteiger partial charge in [-0.25, -0.2) is 10.2 Å². The number of H-pyrrole nitrogens is 1. The van der Waals surface area contributed by atoms with Gasteiger partial charge in [-0.1, -0.05) is 31.3 Å². The van der Waals surface area contributed by atoms with Crippen LogP contribution in [0.25, 0.3) is 5.69 Å². The van der Waals surface area contributed by atoms with E-state index in [0.29, 0.717) is 4.64 Å². The summed E-state index contributed by atoms with van der Waals surface area (Å²) in [5, 5.41) is 9.45. The first-order valence-corrected chi connectivity index (χ1v) is 7.80. The predicted molar refractivity (Wildman–Crippen MR) is 90.1 cm³/mol. The van der Waals surface area contributed by atoms with Gasteiger partial charge in [0.2, 0.25) is 0 Å². The maximum atomic E-state index is 5.61. The van der Waals surface area contributed by atoms with Crippen molar-refractivity contribution in [3.8, 4) is 5.69 Å². The fourth-order valence-corrected chi connectivity index (χ4v) is 2.71. The van der Waals surface area contributed by atoms with Crippen LogP contribution in [0.3, 0.4) is 0 Å². The number of nitrogens with zero attached hydrogens (tertiary/aromatic N) is 3. The molecule has 3 rings (SSSR count). The third kappa shape index (κ3) is 2.53. The van der Waals surface area contributed by atoms with Gasteiger partial charge in [0, 0.05) is 12.2 Å². The lowest BCUT2D eigenvalue weighted by atomic mass is 10.1. The summed E-state index contributed by atoms with van der Waals surface area (Å²) in [4.78, 5) is 0. The molecule has 2 heterocycles. The number of hydrogen-bond acceptors (Lipinski definition) is 5. The van der Waals surface area contributed by atoms with Crippen molar-refractivity contribution in [2.75, 3.05) is 0 Å². The Bertz CT molecular complexity index is 740. The van der Waals surface area contributed by atoms with E-state index in [1.54, 1.807) is 0 Å². The SMILES string of the molecule is CCc1ccc(-n2[nH]cc(C3=NNNN3C(C)C)c2=S)cc1. The van der Waals surface area contributed by atoms with Crippen LogP contribution in [0.4, 0.5) is 0 Å². The van der Waals surface area contributed by atoms with Gasteiger partial charge in [0.1, 0.15) is 4.64 Å². The second-order valence-corrected chi connectivity index (χ2v) is 5.86. The Morgan fingerprint density at radius 1 is 1.23 bits per heavy atom. The number of aromatic amines is 1. The average molecular weight is 316 g/mol. The zero-order valence-electron chi connectivity index (χ0n) is 12.9. The molecule has 1 aliphatic heterocycles. The van der Waals surface area contributed by atoms with Crippen LogP contribution in [-0.2, 0) is 6.42 Å². The second-order valence-electron chi connectivity index (χ2n) is 5.47. The van der Waals surface area contributed by atoms with Gasteiger partial charge in [0.25, 0.3) is 0 Å². The highest BCUT2D eigenvalue weighted by Gasteiger charge is 2.24. The van der Waals surface area contributed by atoms with E-state index in [4.69, 9.17) is 12.2 Å². The first kappa shape index (κ1) is 14.8. The fourth-order valence-electron chi connectivity index (χ4n) is 2.40. The molecule has 0 saturated heterocycles. The molecule has 6 nitrogen and oxygen atoms in total. The number of hydrogen-bond donors (Lipinski definition) is 3. The largest absolute Gasteiger partial charge is 0.299 e. The summed E-state index contributed by atoms with van der Waals surface area (Å²) in [5.41, 5.74) is 9.01. The molecule has 2 aromatic rings. The summed E-state index contributed by atoms with van der Waals surface area (Å²) >= 11 is 5.61. The summed E-state index contributed by atoms with van der Waals surface area (Å²) in [6, 6.07) is 8.64. The normalized spacial score (nSPS) is 14.4. The number of amidine groups is 1. The Kier molecular flexibility index (Phi) is 4.00. The molecule has 0 saturated carbocycles. The van der Waals surface area contributed by atoms with Crippen LogP contribution in [0.1, 0.15) is 31.9 Å². The van der Waals surface area contributed by atoms with Crippen molar-refractivity contribution in [1.29, 1.82) is 0 Å². The highest BCUT2D eigenvalue weighted by atomic mass is 32.1. The van der Waals surface area contributed by atoms with Crippen molar-refractivity contribution >= 4 is 18.1 Å². The predicted octanol–water partition coefficient (Wildman–Crippen LogP) is 2.49. The highest BCUT2D eigenvalue weighted by molar-refractivity contribution is 7.71. The summed E-state index contributed by atoms with van der Waals surface area (Å²) in [6.45, 7) is 6.32. The molecule has 7 heteroatoms. The van der Waals surface area contributed by atoms with Crippen LogP contribution >= 0.6 is 12.2 Å². The van der Waals surface area contributed by atoms with Gasteiger partial charge in [-0.15, -0.1) is 10.6 Å². The topological polar surface area (TPSA) is 60.4 Å². The van der Waals surface area contributed by atoms with Gasteiger partial charge in [0.05, 0.1) is 11.3 Å². The lowest BCUT2D eigenvalue weighted by molar-refractivity contribution is 0.246. The summed E-state index contributed by atoms with van der Waals surface area (Å²) in [6.07, 6.45) is 2.91. The van der Waals surface area contributed by atoms with Crippen molar-refractivity contribution in [3.63, 3.8) is 0 Å². The Morgan fingerprint density at radius 2 is 1.95 bits per heavy atom. The number of aryl methyl sites for hydroxylation is 1. The van der Waals surface area contributed by atoms with Gasteiger partial charge >= 0.3 is 0 Å². The highest BCUT2D eigenvalue weighted by Crippen LogP contribution is 2.16. The van der Waals surface area contributed by atoms with E-state index in [9.17, 15) is 0 Å². The van der Waals surface area contributed by atoms with Crippen molar-refractivity contribution in [2.45, 2.75) is 33.2 Å². The zero-order chi connectivity index (χ0) is 15.7. The van der Waals surface area contributed by atoms with Crippen LogP contribution in [0.5, 0.6) is 0 Å². The Morgan fingerprint density at radius 3 is 2.59 bits per heavy atom. The average Bonchev–Trinajstić information content (AvgIpc) is 3.13. The molecule has 0 amide bonds. The van der Waals surface area contributed by atoms with E-state index in [-0.39, 0.29) is 6.04 Å². The molecule has 22 heavy (non-hydrogen) atoms. The molecule has 116 valence electrons. The van der Waals surface area contributed by atoms with Crippen LogP contribution < -0.4 is 11.1 Å². The summed E-state index contributed by atoms with van der Waals surface area (Å²) in [5.74, 6) is 0.792. The molecule has 3 N–H and O–H groups in total. The number of hydrazine groups is 2. The van der Waals surface area contributed by atoms with E-state index in [0.717, 1.165) is 23.5 Å². The van der Waals surface area contributed by atoms with Gasteiger partial charge in [0.15, 0.2) is 5.84 Å². The quantitative estimate of drug-likeness (QED) is 0.759. The minimum atomic E-state index is 0.260. The smallest absolute Gasteiger partial charge is 0.177 e. The van der Waals surface area contributed by atoms with Crippen molar-refractivity contribution in [3.05, 3.63) is 46.2 Å². The second kappa shape index (κ2) is 5.94. The Labute approximate surface area is 134 Å². The number of aromatic nitrogens is 2. The molecule has 0 radical (unpaired) electrons. The Hall–Kier alpha value is -2.12. The molecule has 1 aromatic carbocycles. The van der Waals surface area contributed by atoms with Gasteiger partial charge in [-0.05, 0) is 38.0 Å². The van der Waals surface area contributed by atoms with Crippen LogP contribution in [0.15, 0.2) is 35.6 Å². The van der Waals surface area contributed by atoms with E-state index in [2.05, 4.69) is 66.3 Å². The molecule has 0 fully saturated rings. The number of rotatable bonds is 4. The van der Waals surface area contributed by atoms with E-state index in [1.165, 1.54) is 5.56 Å². The molecule has 0 unspecified atom stereocenters. The molecular formula is C15H20N6S. The standard InChI is InChI=1S/C15H20N6S/c1-4-11-5-7-12(8-6-11)21-15(22)13(9-16-21)14-17-18-19-20(14)10(2)3/h5-10,16,18-19H,4H2,1-3H3. The lowest BCUT2D eigenvalue weighted by Crippen LogP contribution is -2.45. The summed E-state index contributed by atoms with van der Waals surface area (Å²) < 4.78 is 2.60. The first-order chi connectivity index (χ1) is 10.6. The van der Waals surface area contributed by atoms with E-state index in [1.807, 2.05) is 15.9 Å². The molecule has 0 bridgehead atoms. The lowest BCUT2D eigenvalue weighted by Gasteiger charge is -2.22. The number of nitrogens with one attached hydrogen (secondary N) is 3. The fraction of sp³-hybridized carbons (Fsp3) is 0.333. The van der Waals surface area contributed by atoms with Crippen molar-refractivity contribution in [1.82, 2.24) is 25.9 Å². The maximum Gasteiger partial charge on any atom is 0.177 e. The third-order valence-corrected chi connectivity index (χ3v) is 4.09. The molecule has 0 atom stereocenters. The van der Waals surface area contributed by atoms with Gasteiger partial charge in [-0.3, -0.25) is 10.1 Å². The zero-order valence-corrected chi connectivity index (χ0v) is 13.7. The minimum absolute atomic E-state index is 0.260. The van der Waals surface area contributed by atoms with Crippen LogP contribution in [0, 0.1) is 4.64 Å². The van der Waals surface area contributed by atoms with Crippen molar-refractivity contribution < 1.29 is 0 Å². The third-order valence-electron chi connectivity index (χ3n) is 3.69.